The molecule has 0 saturated heterocycles. The molecule has 1 atom stereocenters. The number of rotatable bonds is 3. The molecule has 0 aromatic carbocycles. The molecule has 0 bridgehead atoms. The Kier molecular flexibility index (Phi) is 7.72. The van der Waals surface area contributed by atoms with Crippen LogP contribution in [0.1, 0.15) is 20.3 Å². The van der Waals surface area contributed by atoms with E-state index in [9.17, 15) is 4.79 Å². The Morgan fingerprint density at radius 2 is 2.00 bits per heavy atom. The van der Waals surface area contributed by atoms with Crippen LogP contribution in [0.5, 0.6) is 0 Å². The monoisotopic (exact) mass is 182 g/mol. The fourth-order valence-electron chi connectivity index (χ4n) is 0.691. The minimum Gasteiger partial charge on any atom is -0.372 e. The molecule has 0 spiro atoms. The predicted molar refractivity (Wildman–Crippen MR) is 45.0 cm³/mol. The summed E-state index contributed by atoms with van der Waals surface area (Å²) in [6, 6.07) is -0.579. The summed E-state index contributed by atoms with van der Waals surface area (Å²) < 4.78 is 0. The van der Waals surface area contributed by atoms with Gasteiger partial charge in [0.15, 0.2) is 0 Å². The lowest BCUT2D eigenvalue weighted by atomic mass is 10.1. The molecule has 0 aromatic rings. The van der Waals surface area contributed by atoms with E-state index in [0.717, 1.165) is 0 Å². The van der Waals surface area contributed by atoms with Gasteiger partial charge in [0.1, 0.15) is 6.04 Å². The van der Waals surface area contributed by atoms with E-state index < -0.39 is 12.0 Å². The first-order chi connectivity index (χ1) is 4.57. The fraction of sp³-hybridized carbons (Fsp3) is 0.833. The Bertz CT molecular complexity index is 119. The van der Waals surface area contributed by atoms with Gasteiger partial charge in [0, 0.05) is 0 Å². The maximum atomic E-state index is 10.6. The largest absolute Gasteiger partial charge is 0.372 e. The molecule has 0 saturated carbocycles. The highest BCUT2D eigenvalue weighted by atomic mass is 35.5. The number of hydrogen-bond acceptors (Lipinski definition) is 4. The molecule has 4 nitrogen and oxygen atoms in total. The van der Waals surface area contributed by atoms with Crippen molar-refractivity contribution in [2.24, 2.45) is 17.5 Å². The van der Waals surface area contributed by atoms with Gasteiger partial charge in [-0.2, -0.15) is 5.90 Å². The standard InChI is InChI=1S/C6H14N2O2.ClH/c1-4(2)3-5(7)6(9)10-8;/h4-5H,3,7-8H2,1-2H3;1H. The van der Waals surface area contributed by atoms with Gasteiger partial charge < -0.3 is 10.6 Å². The highest BCUT2D eigenvalue weighted by Gasteiger charge is 2.14. The lowest BCUT2D eigenvalue weighted by molar-refractivity contribution is -0.146. The van der Waals surface area contributed by atoms with E-state index in [2.05, 4.69) is 10.7 Å². The molecule has 0 aromatic heterocycles. The van der Waals surface area contributed by atoms with Crippen LogP contribution in [0.4, 0.5) is 0 Å². The molecule has 68 valence electrons. The second-order valence-corrected chi connectivity index (χ2v) is 2.67. The van der Waals surface area contributed by atoms with Crippen molar-refractivity contribution in [3.8, 4) is 0 Å². The summed E-state index contributed by atoms with van der Waals surface area (Å²) in [4.78, 5) is 14.5. The minimum atomic E-state index is -0.579. The first-order valence-corrected chi connectivity index (χ1v) is 3.24. The van der Waals surface area contributed by atoms with Crippen molar-refractivity contribution in [3.05, 3.63) is 0 Å². The number of carbonyl (C=O) groups is 1. The maximum absolute atomic E-state index is 10.6. The SMILES string of the molecule is CC(C)CC(N)C(=O)ON.Cl. The van der Waals surface area contributed by atoms with E-state index in [1.54, 1.807) is 0 Å². The molecule has 0 rings (SSSR count). The molecule has 0 amide bonds. The van der Waals surface area contributed by atoms with Crippen LogP contribution < -0.4 is 11.6 Å². The van der Waals surface area contributed by atoms with Crippen molar-refractivity contribution in [3.63, 3.8) is 0 Å². The van der Waals surface area contributed by atoms with E-state index >= 15 is 0 Å². The van der Waals surface area contributed by atoms with Gasteiger partial charge >= 0.3 is 5.97 Å². The number of halogens is 1. The normalized spacial score (nSPS) is 12.1. The zero-order chi connectivity index (χ0) is 8.15. The summed E-state index contributed by atoms with van der Waals surface area (Å²) in [5.74, 6) is 4.46. The second-order valence-electron chi connectivity index (χ2n) is 2.67. The van der Waals surface area contributed by atoms with E-state index in [0.29, 0.717) is 12.3 Å². The average Bonchev–Trinajstić information content (AvgIpc) is 1.85. The summed E-state index contributed by atoms with van der Waals surface area (Å²) in [5, 5.41) is 0. The van der Waals surface area contributed by atoms with Gasteiger partial charge in [-0.3, -0.25) is 0 Å². The van der Waals surface area contributed by atoms with Crippen LogP contribution in [-0.2, 0) is 9.63 Å². The lowest BCUT2D eigenvalue weighted by Gasteiger charge is -2.09. The number of carbonyl (C=O) groups excluding carboxylic acids is 1. The molecule has 0 fully saturated rings. The summed E-state index contributed by atoms with van der Waals surface area (Å²) in [5.41, 5.74) is 5.37. The van der Waals surface area contributed by atoms with Crippen molar-refractivity contribution in [2.45, 2.75) is 26.3 Å². The van der Waals surface area contributed by atoms with Gasteiger partial charge in [-0.25, -0.2) is 4.79 Å². The van der Waals surface area contributed by atoms with E-state index in [1.165, 1.54) is 0 Å². The van der Waals surface area contributed by atoms with Crippen LogP contribution in [-0.4, -0.2) is 12.0 Å². The second kappa shape index (κ2) is 6.39. The summed E-state index contributed by atoms with van der Waals surface area (Å²) in [7, 11) is 0. The smallest absolute Gasteiger partial charge is 0.341 e. The predicted octanol–water partition coefficient (Wildman–Crippen LogP) is 0.199. The zero-order valence-corrected chi connectivity index (χ0v) is 7.56. The van der Waals surface area contributed by atoms with Gasteiger partial charge in [-0.15, -0.1) is 12.4 Å². The Morgan fingerprint density at radius 3 is 2.27 bits per heavy atom. The van der Waals surface area contributed by atoms with Crippen LogP contribution >= 0.6 is 12.4 Å². The quantitative estimate of drug-likeness (QED) is 0.612. The molecule has 1 unspecified atom stereocenters. The van der Waals surface area contributed by atoms with Gasteiger partial charge in [0.25, 0.3) is 0 Å². The molecule has 11 heavy (non-hydrogen) atoms. The summed E-state index contributed by atoms with van der Waals surface area (Å²) in [6.07, 6.45) is 0.607. The maximum Gasteiger partial charge on any atom is 0.341 e. The van der Waals surface area contributed by atoms with Crippen molar-refractivity contribution in [2.75, 3.05) is 0 Å². The van der Waals surface area contributed by atoms with Gasteiger partial charge in [0.05, 0.1) is 0 Å². The van der Waals surface area contributed by atoms with Crippen LogP contribution in [0.15, 0.2) is 0 Å². The first kappa shape index (κ1) is 13.3. The topological polar surface area (TPSA) is 78.3 Å². The summed E-state index contributed by atoms with van der Waals surface area (Å²) in [6.45, 7) is 3.95. The highest BCUT2D eigenvalue weighted by molar-refractivity contribution is 5.85. The molecule has 5 heteroatoms. The van der Waals surface area contributed by atoms with Crippen LogP contribution in [0.3, 0.4) is 0 Å². The fourth-order valence-corrected chi connectivity index (χ4v) is 0.691. The van der Waals surface area contributed by atoms with Crippen molar-refractivity contribution in [1.82, 2.24) is 0 Å². The third-order valence-corrected chi connectivity index (χ3v) is 1.14. The van der Waals surface area contributed by atoms with Crippen LogP contribution in [0.25, 0.3) is 0 Å². The number of hydrogen-bond donors (Lipinski definition) is 2. The van der Waals surface area contributed by atoms with Crippen molar-refractivity contribution >= 4 is 18.4 Å². The zero-order valence-electron chi connectivity index (χ0n) is 6.74. The van der Waals surface area contributed by atoms with E-state index in [4.69, 9.17) is 5.73 Å². The molecule has 0 heterocycles. The molecular formula is C6H15ClN2O2. The average molecular weight is 183 g/mol. The van der Waals surface area contributed by atoms with Gasteiger partial charge in [-0.05, 0) is 12.3 Å². The molecule has 0 aliphatic rings. The van der Waals surface area contributed by atoms with Crippen LogP contribution in [0, 0.1) is 5.92 Å². The van der Waals surface area contributed by atoms with E-state index in [-0.39, 0.29) is 12.4 Å². The third kappa shape index (κ3) is 6.09. The lowest BCUT2D eigenvalue weighted by Crippen LogP contribution is -2.34. The van der Waals surface area contributed by atoms with Gasteiger partial charge in [-0.1, -0.05) is 13.8 Å². The molecule has 4 N–H and O–H groups in total. The highest BCUT2D eigenvalue weighted by Crippen LogP contribution is 2.02. The first-order valence-electron chi connectivity index (χ1n) is 3.24. The Balaban J connectivity index is 0. The van der Waals surface area contributed by atoms with E-state index in [1.807, 2.05) is 13.8 Å². The molecule has 0 aliphatic carbocycles. The summed E-state index contributed by atoms with van der Waals surface area (Å²) >= 11 is 0. The molecule has 0 radical (unpaired) electrons. The van der Waals surface area contributed by atoms with Crippen molar-refractivity contribution in [1.29, 1.82) is 0 Å². The van der Waals surface area contributed by atoms with Crippen molar-refractivity contribution < 1.29 is 9.63 Å². The number of nitrogens with two attached hydrogens (primary N) is 2. The van der Waals surface area contributed by atoms with Gasteiger partial charge in [0.2, 0.25) is 0 Å². The minimum absolute atomic E-state index is 0. The molecular weight excluding hydrogens is 168 g/mol. The Labute approximate surface area is 72.6 Å². The molecule has 0 aliphatic heterocycles. The third-order valence-electron chi connectivity index (χ3n) is 1.14. The van der Waals surface area contributed by atoms with Crippen LogP contribution in [0.2, 0.25) is 0 Å². The Hall–Kier alpha value is -0.320. The Morgan fingerprint density at radius 1 is 1.55 bits per heavy atom.